The van der Waals surface area contributed by atoms with Gasteiger partial charge in [0.05, 0.1) is 30.6 Å². The SMILES string of the molecule is Fc1cccc(-c2nc3c([nH]2)CN(Cc2cc(-c4ccc(C(F)F)cc4)no2)N=C3)c1F. The fraction of sp³-hybridized carbons (Fsp3) is 0.136. The van der Waals surface area contributed by atoms with E-state index in [1.807, 2.05) is 0 Å². The second-order valence-corrected chi connectivity index (χ2v) is 7.22. The molecule has 5 rings (SSSR count). The van der Waals surface area contributed by atoms with Crippen molar-refractivity contribution in [2.24, 2.45) is 5.10 Å². The van der Waals surface area contributed by atoms with Gasteiger partial charge in [-0.3, -0.25) is 5.01 Å². The normalized spacial score (nSPS) is 13.1. The van der Waals surface area contributed by atoms with Crippen LogP contribution in [0, 0.1) is 11.6 Å². The number of halogens is 4. The highest BCUT2D eigenvalue weighted by Gasteiger charge is 2.21. The summed E-state index contributed by atoms with van der Waals surface area (Å²) in [5.41, 5.74) is 2.39. The Morgan fingerprint density at radius 1 is 1.09 bits per heavy atom. The fourth-order valence-electron chi connectivity index (χ4n) is 3.42. The fourth-order valence-corrected chi connectivity index (χ4v) is 3.42. The number of rotatable bonds is 5. The molecule has 6 nitrogen and oxygen atoms in total. The molecule has 10 heteroatoms. The molecule has 0 fully saturated rings. The largest absolute Gasteiger partial charge is 0.359 e. The van der Waals surface area contributed by atoms with E-state index in [1.165, 1.54) is 30.5 Å². The smallest absolute Gasteiger partial charge is 0.263 e. The highest BCUT2D eigenvalue weighted by atomic mass is 19.3. The summed E-state index contributed by atoms with van der Waals surface area (Å²) in [5, 5.41) is 10.00. The Morgan fingerprint density at radius 3 is 2.69 bits per heavy atom. The first-order valence-corrected chi connectivity index (χ1v) is 9.64. The number of aromatic nitrogens is 3. The maximum atomic E-state index is 14.1. The highest BCUT2D eigenvalue weighted by molar-refractivity contribution is 5.80. The van der Waals surface area contributed by atoms with E-state index in [4.69, 9.17) is 4.52 Å². The van der Waals surface area contributed by atoms with Gasteiger partial charge in [-0.2, -0.15) is 5.10 Å². The third-order valence-corrected chi connectivity index (χ3v) is 5.06. The number of hydrazone groups is 1. The van der Waals surface area contributed by atoms with Gasteiger partial charge >= 0.3 is 0 Å². The van der Waals surface area contributed by atoms with E-state index < -0.39 is 18.1 Å². The van der Waals surface area contributed by atoms with Gasteiger partial charge in [-0.05, 0) is 12.1 Å². The Hall–Kier alpha value is -3.95. The zero-order valence-electron chi connectivity index (χ0n) is 16.4. The molecule has 2 aromatic carbocycles. The van der Waals surface area contributed by atoms with Crippen LogP contribution < -0.4 is 0 Å². The lowest BCUT2D eigenvalue weighted by Gasteiger charge is -2.19. The van der Waals surface area contributed by atoms with Gasteiger partial charge in [0.25, 0.3) is 6.43 Å². The molecule has 4 aromatic rings. The molecule has 0 radical (unpaired) electrons. The molecule has 1 aliphatic heterocycles. The number of H-pyrrole nitrogens is 1. The highest BCUT2D eigenvalue weighted by Crippen LogP contribution is 2.27. The zero-order chi connectivity index (χ0) is 22.2. The molecule has 0 saturated heterocycles. The van der Waals surface area contributed by atoms with Crippen LogP contribution in [0.1, 0.15) is 29.1 Å². The Morgan fingerprint density at radius 2 is 1.91 bits per heavy atom. The molecule has 0 atom stereocenters. The number of alkyl halides is 2. The van der Waals surface area contributed by atoms with Gasteiger partial charge in [0.15, 0.2) is 17.4 Å². The van der Waals surface area contributed by atoms with E-state index >= 15 is 0 Å². The Balaban J connectivity index is 1.30. The molecule has 0 aliphatic carbocycles. The summed E-state index contributed by atoms with van der Waals surface area (Å²) in [4.78, 5) is 7.32. The van der Waals surface area contributed by atoms with Gasteiger partial charge in [-0.15, -0.1) is 0 Å². The monoisotopic (exact) mass is 441 g/mol. The average Bonchev–Trinajstić information content (AvgIpc) is 3.42. The lowest BCUT2D eigenvalue weighted by Crippen LogP contribution is -2.21. The molecule has 0 spiro atoms. The van der Waals surface area contributed by atoms with E-state index in [1.54, 1.807) is 23.2 Å². The van der Waals surface area contributed by atoms with Crippen molar-refractivity contribution in [2.45, 2.75) is 19.5 Å². The van der Waals surface area contributed by atoms with Crippen LogP contribution >= 0.6 is 0 Å². The maximum absolute atomic E-state index is 14.1. The number of hydrogen-bond donors (Lipinski definition) is 1. The number of aromatic amines is 1. The minimum absolute atomic E-state index is 0.0390. The first kappa shape index (κ1) is 20.0. The van der Waals surface area contributed by atoms with Gasteiger partial charge in [0.2, 0.25) is 0 Å². The van der Waals surface area contributed by atoms with E-state index in [0.29, 0.717) is 41.5 Å². The molecule has 0 unspecified atom stereocenters. The zero-order valence-corrected chi connectivity index (χ0v) is 16.4. The van der Waals surface area contributed by atoms with Crippen LogP contribution in [0.2, 0.25) is 0 Å². The average molecular weight is 441 g/mol. The summed E-state index contributed by atoms with van der Waals surface area (Å²) >= 11 is 0. The predicted octanol–water partition coefficient (Wildman–Crippen LogP) is 5.30. The van der Waals surface area contributed by atoms with Crippen molar-refractivity contribution >= 4 is 6.21 Å². The molecule has 1 aliphatic rings. The molecule has 1 N–H and O–H groups in total. The molecule has 0 bridgehead atoms. The van der Waals surface area contributed by atoms with Crippen LogP contribution in [-0.4, -0.2) is 26.3 Å². The first-order chi connectivity index (χ1) is 15.5. The van der Waals surface area contributed by atoms with Crippen molar-refractivity contribution in [3.8, 4) is 22.6 Å². The van der Waals surface area contributed by atoms with Crippen LogP contribution in [0.15, 0.2) is 58.2 Å². The molecule has 0 saturated carbocycles. The minimum atomic E-state index is -2.53. The molecule has 3 heterocycles. The van der Waals surface area contributed by atoms with Crippen LogP contribution in [0.5, 0.6) is 0 Å². The molecule has 162 valence electrons. The second-order valence-electron chi connectivity index (χ2n) is 7.22. The van der Waals surface area contributed by atoms with Gasteiger partial charge in [-0.25, -0.2) is 22.5 Å². The Bertz CT molecular complexity index is 1300. The lowest BCUT2D eigenvalue weighted by atomic mass is 10.1. The van der Waals surface area contributed by atoms with E-state index in [0.717, 1.165) is 6.07 Å². The summed E-state index contributed by atoms with van der Waals surface area (Å²) in [6, 6.07) is 11.4. The lowest BCUT2D eigenvalue weighted by molar-refractivity contribution is 0.151. The van der Waals surface area contributed by atoms with Crippen LogP contribution in [0.4, 0.5) is 17.6 Å². The van der Waals surface area contributed by atoms with Crippen molar-refractivity contribution in [3.05, 3.63) is 82.9 Å². The molecule has 2 aromatic heterocycles. The van der Waals surface area contributed by atoms with Crippen LogP contribution in [0.3, 0.4) is 0 Å². The van der Waals surface area contributed by atoms with Gasteiger partial charge in [0, 0.05) is 17.2 Å². The number of hydrogen-bond acceptors (Lipinski definition) is 5. The standard InChI is InChI=1S/C22H15F4N5O/c23-16-3-1-2-15(20(16)24)22-28-18-9-27-31(11-19(18)29-22)10-14-8-17(30-32-14)12-4-6-13(7-5-12)21(25)26/h1-9,21H,10-11H2,(H,28,29). The quantitative estimate of drug-likeness (QED) is 0.427. The number of nitrogens with one attached hydrogen (secondary N) is 1. The van der Waals surface area contributed by atoms with E-state index in [9.17, 15) is 17.6 Å². The molecule has 0 amide bonds. The number of fused-ring (bicyclic) bond motifs is 1. The van der Waals surface area contributed by atoms with Crippen molar-refractivity contribution in [1.29, 1.82) is 0 Å². The van der Waals surface area contributed by atoms with Crippen LogP contribution in [-0.2, 0) is 13.1 Å². The van der Waals surface area contributed by atoms with Gasteiger partial charge in [0.1, 0.15) is 17.2 Å². The second kappa shape index (κ2) is 7.95. The summed E-state index contributed by atoms with van der Waals surface area (Å²) in [6.07, 6.45) is -1.00. The molecular formula is C22H15F4N5O. The topological polar surface area (TPSA) is 70.3 Å². The van der Waals surface area contributed by atoms with Crippen molar-refractivity contribution in [3.63, 3.8) is 0 Å². The van der Waals surface area contributed by atoms with Crippen LogP contribution in [0.25, 0.3) is 22.6 Å². The van der Waals surface area contributed by atoms with Crippen molar-refractivity contribution in [2.75, 3.05) is 0 Å². The number of nitrogens with zero attached hydrogens (tertiary/aromatic N) is 4. The predicted molar refractivity (Wildman–Crippen MR) is 108 cm³/mol. The molecular weight excluding hydrogens is 426 g/mol. The Kier molecular flexibility index (Phi) is 4.96. The summed E-state index contributed by atoms with van der Waals surface area (Å²) < 4.78 is 58.4. The minimum Gasteiger partial charge on any atom is -0.359 e. The van der Waals surface area contributed by atoms with E-state index in [-0.39, 0.29) is 17.0 Å². The first-order valence-electron chi connectivity index (χ1n) is 9.64. The summed E-state index contributed by atoms with van der Waals surface area (Å²) in [5.74, 6) is -1.18. The number of imidazole rings is 1. The Labute approximate surface area is 179 Å². The molecule has 32 heavy (non-hydrogen) atoms. The van der Waals surface area contributed by atoms with Crippen molar-refractivity contribution < 1.29 is 22.1 Å². The van der Waals surface area contributed by atoms with Gasteiger partial charge in [-0.1, -0.05) is 35.5 Å². The van der Waals surface area contributed by atoms with Gasteiger partial charge < -0.3 is 9.51 Å². The summed E-state index contributed by atoms with van der Waals surface area (Å²) in [6.45, 7) is 0.635. The third-order valence-electron chi connectivity index (χ3n) is 5.06. The van der Waals surface area contributed by atoms with Crippen molar-refractivity contribution in [1.82, 2.24) is 20.1 Å². The third kappa shape index (κ3) is 3.75. The number of benzene rings is 2. The summed E-state index contributed by atoms with van der Waals surface area (Å²) in [7, 11) is 0. The maximum Gasteiger partial charge on any atom is 0.263 e. The van der Waals surface area contributed by atoms with E-state index in [2.05, 4.69) is 20.2 Å².